The van der Waals surface area contributed by atoms with Gasteiger partial charge in [-0.2, -0.15) is 0 Å². The van der Waals surface area contributed by atoms with Gasteiger partial charge in [0.05, 0.1) is 38.0 Å². The van der Waals surface area contributed by atoms with Crippen LogP contribution in [-0.4, -0.2) is 55.0 Å². The number of hydrogen-bond acceptors (Lipinski definition) is 6. The van der Waals surface area contributed by atoms with Gasteiger partial charge in [-0.05, 0) is 78.0 Å². The highest BCUT2D eigenvalue weighted by Gasteiger charge is 2.33. The molecule has 0 spiro atoms. The molecule has 33 heavy (non-hydrogen) atoms. The zero-order chi connectivity index (χ0) is 23.2. The molecule has 2 aromatic carbocycles. The van der Waals surface area contributed by atoms with Crippen molar-refractivity contribution in [2.45, 2.75) is 0 Å². The lowest BCUT2D eigenvalue weighted by Crippen LogP contribution is -2.32. The van der Waals surface area contributed by atoms with Gasteiger partial charge in [0.1, 0.15) is 11.5 Å². The highest BCUT2D eigenvalue weighted by Crippen LogP contribution is 2.34. The molecule has 170 valence electrons. The number of aromatic nitrogens is 1. The largest absolute Gasteiger partial charge is 0.497 e. The first-order valence-electron chi connectivity index (χ1n) is 10.4. The van der Waals surface area contributed by atoms with Crippen molar-refractivity contribution in [1.82, 2.24) is 9.47 Å². The van der Waals surface area contributed by atoms with E-state index in [-0.39, 0.29) is 5.91 Å². The molecule has 1 aliphatic rings. The Hall–Kier alpha value is -3.49. The van der Waals surface area contributed by atoms with E-state index in [0.717, 1.165) is 28.4 Å². The van der Waals surface area contributed by atoms with Crippen molar-refractivity contribution in [3.63, 3.8) is 0 Å². The Kier molecular flexibility index (Phi) is 7.16. The van der Waals surface area contributed by atoms with Gasteiger partial charge in [-0.15, -0.1) is 0 Å². The second-order valence-electron chi connectivity index (χ2n) is 7.20. The number of hydrogen-bond donors (Lipinski definition) is 0. The maximum Gasteiger partial charge on any atom is 0.266 e. The van der Waals surface area contributed by atoms with E-state index in [4.69, 9.17) is 19.2 Å². The number of methoxy groups -OCH3 is 3. The number of carbonyl (C=O) groups excluding carboxylic acids is 1. The van der Waals surface area contributed by atoms with Crippen molar-refractivity contribution < 1.29 is 19.0 Å². The number of carbonyl (C=O) groups is 1. The SMILES string of the molecule is COCCN1C(=O)/C(=C\c2ccn(-c3ccc(OC)cc3)c2)SC1=Nc1ccc(OC)cc1. The molecule has 0 saturated carbocycles. The predicted molar refractivity (Wildman–Crippen MR) is 132 cm³/mol. The van der Waals surface area contributed by atoms with E-state index in [1.54, 1.807) is 26.2 Å². The molecule has 0 atom stereocenters. The summed E-state index contributed by atoms with van der Waals surface area (Å²) in [5, 5.41) is 0.628. The lowest BCUT2D eigenvalue weighted by molar-refractivity contribution is -0.122. The van der Waals surface area contributed by atoms with Crippen LogP contribution < -0.4 is 9.47 Å². The van der Waals surface area contributed by atoms with E-state index in [9.17, 15) is 4.79 Å². The molecule has 1 saturated heterocycles. The Labute approximate surface area is 197 Å². The molecule has 7 nitrogen and oxygen atoms in total. The minimum atomic E-state index is -0.0819. The fourth-order valence-corrected chi connectivity index (χ4v) is 4.33. The van der Waals surface area contributed by atoms with Crippen LogP contribution in [0.5, 0.6) is 11.5 Å². The third-order valence-electron chi connectivity index (χ3n) is 5.09. The molecular weight excluding hydrogens is 438 g/mol. The number of thioether (sulfide) groups is 1. The number of nitrogens with zero attached hydrogens (tertiary/aromatic N) is 3. The summed E-state index contributed by atoms with van der Waals surface area (Å²) in [6, 6.07) is 17.2. The molecule has 0 bridgehead atoms. The summed E-state index contributed by atoms with van der Waals surface area (Å²) >= 11 is 1.36. The zero-order valence-electron chi connectivity index (χ0n) is 18.7. The molecule has 0 radical (unpaired) electrons. The van der Waals surface area contributed by atoms with Crippen LogP contribution in [0, 0.1) is 0 Å². The van der Waals surface area contributed by atoms with Crippen LogP contribution in [0.15, 0.2) is 76.9 Å². The summed E-state index contributed by atoms with van der Waals surface area (Å²) in [6.07, 6.45) is 5.84. The molecule has 0 N–H and O–H groups in total. The fraction of sp³-hybridized carbons (Fsp3) is 0.200. The normalized spacial score (nSPS) is 16.1. The number of amidine groups is 1. The Morgan fingerprint density at radius 1 is 0.939 bits per heavy atom. The third kappa shape index (κ3) is 5.30. The average molecular weight is 464 g/mol. The first-order chi connectivity index (χ1) is 16.1. The summed E-state index contributed by atoms with van der Waals surface area (Å²) in [7, 11) is 4.89. The van der Waals surface area contributed by atoms with Crippen LogP contribution >= 0.6 is 11.8 Å². The van der Waals surface area contributed by atoms with Crippen LogP contribution in [-0.2, 0) is 9.53 Å². The van der Waals surface area contributed by atoms with Gasteiger partial charge in [-0.1, -0.05) is 0 Å². The zero-order valence-corrected chi connectivity index (χ0v) is 19.5. The molecule has 4 rings (SSSR count). The van der Waals surface area contributed by atoms with Crippen LogP contribution in [0.4, 0.5) is 5.69 Å². The summed E-state index contributed by atoms with van der Waals surface area (Å²) in [5.74, 6) is 1.48. The van der Waals surface area contributed by atoms with Crippen LogP contribution in [0.25, 0.3) is 11.8 Å². The molecule has 1 aliphatic heterocycles. The minimum absolute atomic E-state index is 0.0819. The maximum absolute atomic E-state index is 13.1. The first kappa shape index (κ1) is 22.7. The molecule has 2 heterocycles. The third-order valence-corrected chi connectivity index (χ3v) is 6.09. The van der Waals surface area contributed by atoms with Gasteiger partial charge in [0, 0.05) is 25.2 Å². The van der Waals surface area contributed by atoms with Crippen molar-refractivity contribution in [2.24, 2.45) is 4.99 Å². The fourth-order valence-electron chi connectivity index (χ4n) is 3.30. The first-order valence-corrected chi connectivity index (χ1v) is 11.2. The summed E-state index contributed by atoms with van der Waals surface area (Å²) in [4.78, 5) is 20.1. The lowest BCUT2D eigenvalue weighted by Gasteiger charge is -2.14. The number of amides is 1. The van der Waals surface area contributed by atoms with E-state index in [2.05, 4.69) is 0 Å². The number of benzene rings is 2. The van der Waals surface area contributed by atoms with Crippen molar-refractivity contribution in [2.75, 3.05) is 34.5 Å². The standard InChI is InChI=1S/C25H25N3O4S/c1-30-15-14-28-24(29)23(33-25(28)26-19-4-8-21(31-2)9-5-19)16-18-12-13-27(17-18)20-6-10-22(32-3)11-7-20/h4-13,16-17H,14-15H2,1-3H3/b23-16+,26-25?. The number of aliphatic imine (C=N–C) groups is 1. The van der Waals surface area contributed by atoms with Gasteiger partial charge in [-0.25, -0.2) is 4.99 Å². The summed E-state index contributed by atoms with van der Waals surface area (Å²) in [5.41, 5.74) is 2.69. The average Bonchev–Trinajstić information content (AvgIpc) is 3.43. The van der Waals surface area contributed by atoms with Crippen LogP contribution in [0.3, 0.4) is 0 Å². The van der Waals surface area contributed by atoms with Crippen molar-refractivity contribution in [3.8, 4) is 17.2 Å². The molecule has 1 fully saturated rings. The highest BCUT2D eigenvalue weighted by molar-refractivity contribution is 8.18. The van der Waals surface area contributed by atoms with Crippen molar-refractivity contribution >= 4 is 34.6 Å². The Balaban J connectivity index is 1.58. The van der Waals surface area contributed by atoms with E-state index in [0.29, 0.717) is 23.2 Å². The Morgan fingerprint density at radius 2 is 1.61 bits per heavy atom. The van der Waals surface area contributed by atoms with Crippen molar-refractivity contribution in [1.29, 1.82) is 0 Å². The Morgan fingerprint density at radius 3 is 2.24 bits per heavy atom. The van der Waals surface area contributed by atoms with Gasteiger partial charge in [-0.3, -0.25) is 9.69 Å². The molecule has 1 aromatic heterocycles. The molecule has 3 aromatic rings. The molecule has 0 aliphatic carbocycles. The van der Waals surface area contributed by atoms with Crippen molar-refractivity contribution in [3.05, 3.63) is 77.5 Å². The molecule has 0 unspecified atom stereocenters. The van der Waals surface area contributed by atoms with E-state index in [1.165, 1.54) is 11.8 Å². The predicted octanol–water partition coefficient (Wildman–Crippen LogP) is 4.74. The van der Waals surface area contributed by atoms with Gasteiger partial charge in [0.2, 0.25) is 0 Å². The van der Waals surface area contributed by atoms with Gasteiger partial charge < -0.3 is 18.8 Å². The Bertz CT molecular complexity index is 1170. The second kappa shape index (κ2) is 10.4. The van der Waals surface area contributed by atoms with Crippen LogP contribution in [0.1, 0.15) is 5.56 Å². The molecule has 1 amide bonds. The van der Waals surface area contributed by atoms with E-state index in [1.807, 2.05) is 77.6 Å². The topological polar surface area (TPSA) is 65.3 Å². The minimum Gasteiger partial charge on any atom is -0.497 e. The van der Waals surface area contributed by atoms with E-state index >= 15 is 0 Å². The van der Waals surface area contributed by atoms with Gasteiger partial charge >= 0.3 is 0 Å². The van der Waals surface area contributed by atoms with Gasteiger partial charge in [0.25, 0.3) is 5.91 Å². The molecular formula is C25H25N3O4S. The number of rotatable bonds is 8. The van der Waals surface area contributed by atoms with Crippen LogP contribution in [0.2, 0.25) is 0 Å². The monoisotopic (exact) mass is 463 g/mol. The lowest BCUT2D eigenvalue weighted by atomic mass is 10.3. The highest BCUT2D eigenvalue weighted by atomic mass is 32.2. The summed E-state index contributed by atoms with van der Waals surface area (Å²) in [6.45, 7) is 0.858. The smallest absolute Gasteiger partial charge is 0.266 e. The quantitative estimate of drug-likeness (QED) is 0.451. The molecule has 8 heteroatoms. The second-order valence-corrected chi connectivity index (χ2v) is 8.21. The number of ether oxygens (including phenoxy) is 3. The van der Waals surface area contributed by atoms with Gasteiger partial charge in [0.15, 0.2) is 5.17 Å². The summed E-state index contributed by atoms with van der Waals surface area (Å²) < 4.78 is 17.6. The van der Waals surface area contributed by atoms with E-state index < -0.39 is 0 Å². The maximum atomic E-state index is 13.1.